The van der Waals surface area contributed by atoms with Gasteiger partial charge in [-0.05, 0) is 61.2 Å². The summed E-state index contributed by atoms with van der Waals surface area (Å²) < 4.78 is 3.84. The number of benzene rings is 6. The number of ether oxygens (including phenoxy) is 1. The van der Waals surface area contributed by atoms with Crippen molar-refractivity contribution >= 4 is 88.5 Å². The monoisotopic (exact) mass is 1110 g/mol. The molecular weight excluding hydrogens is 1040 g/mol. The first-order chi connectivity index (χ1) is 35.9. The molecule has 0 aromatic heterocycles. The highest BCUT2D eigenvalue weighted by atomic mass is 32.3. The quantitative estimate of drug-likeness (QED) is 0.0255. The smallest absolute Gasteiger partial charge is 0.410 e. The summed E-state index contributed by atoms with van der Waals surface area (Å²) in [4.78, 5) is 46.6. The molecule has 6 aromatic carbocycles. The van der Waals surface area contributed by atoms with Crippen LogP contribution in [0.15, 0.2) is 182 Å². The van der Waals surface area contributed by atoms with Gasteiger partial charge in [0.25, 0.3) is 0 Å². The number of carbonyl (C=O) groups excluding carboxylic acids is 3. The van der Waals surface area contributed by atoms with E-state index >= 15 is 9.59 Å². The van der Waals surface area contributed by atoms with E-state index in [-0.39, 0.29) is 24.9 Å². The normalized spacial score (nSPS) is 12.6. The van der Waals surface area contributed by atoms with E-state index in [1.54, 1.807) is 77.6 Å². The molecule has 74 heavy (non-hydrogen) atoms. The number of nitrogens with zero attached hydrogens (tertiary/aromatic N) is 1. The van der Waals surface area contributed by atoms with Gasteiger partial charge in [0.2, 0.25) is 11.8 Å². The molecule has 0 aliphatic rings. The fourth-order valence-corrected chi connectivity index (χ4v) is 17.0. The Labute approximate surface area is 465 Å². The van der Waals surface area contributed by atoms with Gasteiger partial charge < -0.3 is 30.9 Å². The molecule has 0 heterocycles. The van der Waals surface area contributed by atoms with Crippen LogP contribution < -0.4 is 21.3 Å². The minimum Gasteiger partial charge on any atom is -0.444 e. The maximum Gasteiger partial charge on any atom is 0.410 e. The fraction of sp³-hybridized carbons (Fsp3) is 0.339. The van der Waals surface area contributed by atoms with Gasteiger partial charge in [-0.1, -0.05) is 182 Å². The highest BCUT2D eigenvalue weighted by Crippen LogP contribution is 2.55. The Morgan fingerprint density at radius 2 is 0.770 bits per heavy atom. The van der Waals surface area contributed by atoms with Crippen LogP contribution in [0.2, 0.25) is 0 Å². The molecule has 3 amide bonds. The zero-order valence-corrected chi connectivity index (χ0v) is 48.0. The predicted octanol–water partition coefficient (Wildman–Crippen LogP) is 12.5. The van der Waals surface area contributed by atoms with Crippen molar-refractivity contribution in [1.82, 2.24) is 26.2 Å². The van der Waals surface area contributed by atoms with Crippen molar-refractivity contribution in [2.24, 2.45) is 0 Å². The topological polar surface area (TPSA) is 112 Å². The van der Waals surface area contributed by atoms with E-state index in [2.05, 4.69) is 130 Å². The van der Waals surface area contributed by atoms with E-state index in [0.717, 1.165) is 33.4 Å². The van der Waals surface area contributed by atoms with Crippen LogP contribution in [-0.2, 0) is 48.8 Å². The highest BCUT2D eigenvalue weighted by molar-refractivity contribution is 8.33. The Hall–Kier alpha value is -4.45. The Bertz CT molecular complexity index is 2340. The highest BCUT2D eigenvalue weighted by Gasteiger charge is 2.50. The van der Waals surface area contributed by atoms with Gasteiger partial charge in [-0.2, -0.15) is 0 Å². The molecule has 2 atom stereocenters. The van der Waals surface area contributed by atoms with Gasteiger partial charge in [-0.15, -0.1) is 70.6 Å². The first kappa shape index (κ1) is 58.8. The van der Waals surface area contributed by atoms with Gasteiger partial charge in [0.1, 0.15) is 24.5 Å². The van der Waals surface area contributed by atoms with Gasteiger partial charge >= 0.3 is 6.09 Å². The SMILES string of the molecule is CNCCN[C@H](C(=O)N[C@H](C(=O)NCCN(C)C(=O)OC(C)(C)C)C(SCc1ccccc1)(SCc1ccccc1)SCc1ccccc1)C(SCc1ccccc1)(SCc1ccccc1)SCc1ccccc1. The van der Waals surface area contributed by atoms with Crippen molar-refractivity contribution < 1.29 is 19.1 Å². The number of nitrogens with one attached hydrogen (secondary N) is 4. The van der Waals surface area contributed by atoms with Crippen LogP contribution in [0.5, 0.6) is 0 Å². The molecule has 0 aliphatic carbocycles. The predicted molar refractivity (Wildman–Crippen MR) is 321 cm³/mol. The van der Waals surface area contributed by atoms with E-state index in [4.69, 9.17) is 4.74 Å². The molecule has 0 bridgehead atoms. The second kappa shape index (κ2) is 30.9. The molecule has 0 aliphatic heterocycles. The van der Waals surface area contributed by atoms with Gasteiger partial charge in [0.05, 0.1) is 0 Å². The van der Waals surface area contributed by atoms with Crippen LogP contribution in [0.3, 0.4) is 0 Å². The molecule has 0 saturated carbocycles. The molecule has 0 radical (unpaired) electrons. The zero-order chi connectivity index (χ0) is 52.5. The molecular formula is C59H71N5O4S6. The van der Waals surface area contributed by atoms with Crippen molar-refractivity contribution in [1.29, 1.82) is 0 Å². The lowest BCUT2D eigenvalue weighted by molar-refractivity contribution is -0.129. The standard InChI is InChI=1S/C59H71N5O4S6/c1-57(2,3)68-56(67)64(5)39-38-62-54(65)53(59(72-43-49-30-18-9-19-31-49,73-44-50-32-20-10-21-33-50)74-45-51-34-22-11-23-35-51)63-55(66)52(61-37-36-60-4)58(69-40-46-24-12-6-13-25-46,70-41-47-26-14-7-15-27-47)71-42-48-28-16-8-17-29-48/h6-35,52-53,60-61H,36-45H2,1-5H3,(H,62,65)(H,63,66)/t52-,53-/m1/s1. The van der Waals surface area contributed by atoms with Gasteiger partial charge in [0, 0.05) is 67.7 Å². The maximum atomic E-state index is 16.3. The number of carbonyl (C=O) groups is 3. The van der Waals surface area contributed by atoms with Crippen LogP contribution in [0, 0.1) is 0 Å². The van der Waals surface area contributed by atoms with Crippen molar-refractivity contribution in [2.45, 2.75) is 79.8 Å². The number of rotatable bonds is 30. The summed E-state index contributed by atoms with van der Waals surface area (Å²) in [6.07, 6.45) is -0.484. The van der Waals surface area contributed by atoms with Crippen LogP contribution in [0.4, 0.5) is 4.79 Å². The molecule has 0 unspecified atom stereocenters. The molecule has 15 heteroatoms. The van der Waals surface area contributed by atoms with E-state index in [1.807, 2.05) is 101 Å². The first-order valence-electron chi connectivity index (χ1n) is 24.8. The van der Waals surface area contributed by atoms with Gasteiger partial charge in [-0.3, -0.25) is 9.59 Å². The molecule has 0 spiro atoms. The summed E-state index contributed by atoms with van der Waals surface area (Å²) >= 11 is 10.3. The van der Waals surface area contributed by atoms with Crippen LogP contribution >= 0.6 is 70.6 Å². The summed E-state index contributed by atoms with van der Waals surface area (Å²) in [6, 6.07) is 60.2. The van der Waals surface area contributed by atoms with Crippen molar-refractivity contribution in [2.75, 3.05) is 40.3 Å². The minimum absolute atomic E-state index is 0.133. The summed E-state index contributed by atoms with van der Waals surface area (Å²) in [5.74, 6) is 3.04. The number of likely N-dealkylation sites (N-methyl/N-ethyl adjacent to an activating group) is 2. The third-order valence-electron chi connectivity index (χ3n) is 11.4. The first-order valence-corrected chi connectivity index (χ1v) is 30.8. The van der Waals surface area contributed by atoms with Gasteiger partial charge in [-0.25, -0.2) is 4.79 Å². The summed E-state index contributed by atoms with van der Waals surface area (Å²) in [5.41, 5.74) is 6.07. The lowest BCUT2D eigenvalue weighted by Gasteiger charge is -2.42. The molecule has 0 fully saturated rings. The number of thioether (sulfide) groups is 6. The Morgan fingerprint density at radius 3 is 1.07 bits per heavy atom. The Kier molecular flexibility index (Phi) is 24.6. The van der Waals surface area contributed by atoms with Crippen molar-refractivity contribution in [3.8, 4) is 0 Å². The van der Waals surface area contributed by atoms with Crippen molar-refractivity contribution in [3.05, 3.63) is 215 Å². The molecule has 6 aromatic rings. The third kappa shape index (κ3) is 19.6. The second-order valence-corrected chi connectivity index (χ2v) is 27.4. The summed E-state index contributed by atoms with van der Waals surface area (Å²) in [5, 5.41) is 13.8. The number of amides is 3. The fourth-order valence-electron chi connectivity index (χ4n) is 7.44. The van der Waals surface area contributed by atoms with E-state index in [0.29, 0.717) is 47.6 Å². The Balaban J connectivity index is 1.49. The molecule has 4 N–H and O–H groups in total. The third-order valence-corrected chi connectivity index (χ3v) is 22.3. The molecule has 392 valence electrons. The summed E-state index contributed by atoms with van der Waals surface area (Å²) in [7, 11) is 3.58. The van der Waals surface area contributed by atoms with E-state index in [1.165, 1.54) is 4.90 Å². The second-order valence-electron chi connectivity index (χ2n) is 18.5. The molecule has 9 nitrogen and oxygen atoms in total. The minimum atomic E-state index is -1.08. The Morgan fingerprint density at radius 1 is 0.459 bits per heavy atom. The molecule has 0 saturated heterocycles. The van der Waals surface area contributed by atoms with Crippen LogP contribution in [0.25, 0.3) is 0 Å². The lowest BCUT2D eigenvalue weighted by atomic mass is 10.2. The summed E-state index contributed by atoms with van der Waals surface area (Å²) in [6.45, 7) is 6.92. The number of hydrogen-bond donors (Lipinski definition) is 4. The van der Waals surface area contributed by atoms with Crippen molar-refractivity contribution in [3.63, 3.8) is 0 Å². The maximum absolute atomic E-state index is 16.3. The average molecular weight is 1110 g/mol. The molecule has 6 rings (SSSR count). The van der Waals surface area contributed by atoms with Crippen LogP contribution in [-0.4, -0.2) is 87.6 Å². The zero-order valence-electron chi connectivity index (χ0n) is 43.1. The van der Waals surface area contributed by atoms with Gasteiger partial charge in [0.15, 0.2) is 0 Å². The number of hydrogen-bond acceptors (Lipinski definition) is 12. The van der Waals surface area contributed by atoms with E-state index < -0.39 is 30.6 Å². The van der Waals surface area contributed by atoms with Crippen LogP contribution in [0.1, 0.15) is 54.2 Å². The lowest BCUT2D eigenvalue weighted by Crippen LogP contribution is -2.63. The largest absolute Gasteiger partial charge is 0.444 e. The average Bonchev–Trinajstić information content (AvgIpc) is 3.42. The van der Waals surface area contributed by atoms with E-state index in [9.17, 15) is 4.79 Å².